The maximum Gasteiger partial charge on any atom is 0.516 e. The number of benzene rings is 2. The van der Waals surface area contributed by atoms with E-state index in [0.717, 1.165) is 92.1 Å². The van der Waals surface area contributed by atoms with Gasteiger partial charge in [-0.25, -0.2) is 14.7 Å². The molecule has 2 aliphatic rings. The van der Waals surface area contributed by atoms with Crippen LogP contribution in [0.5, 0.6) is 0 Å². The molecule has 1 N–H and O–H groups in total. The van der Waals surface area contributed by atoms with E-state index in [9.17, 15) is 26.4 Å². The van der Waals surface area contributed by atoms with Crippen molar-refractivity contribution in [2.75, 3.05) is 0 Å². The van der Waals surface area contributed by atoms with Crippen LogP contribution in [0.25, 0.3) is 49.7 Å². The van der Waals surface area contributed by atoms with Crippen molar-refractivity contribution in [2.45, 2.75) is 63.9 Å². The summed E-state index contributed by atoms with van der Waals surface area (Å²) in [4.78, 5) is 23.4. The number of carbonyl (C=O) groups is 1. The summed E-state index contributed by atoms with van der Waals surface area (Å²) >= 11 is 1.62. The zero-order valence-electron chi connectivity index (χ0n) is 24.5. The number of aryl methyl sites for hydroxylation is 2. The maximum atomic E-state index is 13.0. The first-order chi connectivity index (χ1) is 21.4. The summed E-state index contributed by atoms with van der Waals surface area (Å²) < 4.78 is 65.6. The highest BCUT2D eigenvalue weighted by Crippen LogP contribution is 2.47. The molecule has 12 heteroatoms. The SMILES string of the molecule is Cc1nc(C)c(-c2ccc3c4c(ccc3n2)-c2c(C3CCCCC3)c3ccc(C(=O)NS(=O)(=O)C(F)(F)F)cc3n2CC=C4)s1. The van der Waals surface area contributed by atoms with Gasteiger partial charge in [0.1, 0.15) is 0 Å². The molecule has 7 nitrogen and oxygen atoms in total. The monoisotopic (exact) mass is 650 g/mol. The van der Waals surface area contributed by atoms with Gasteiger partial charge in [0.15, 0.2) is 0 Å². The second kappa shape index (κ2) is 10.8. The van der Waals surface area contributed by atoms with Crippen LogP contribution in [-0.2, 0) is 16.6 Å². The molecule has 0 radical (unpaired) electrons. The molecule has 1 saturated carbocycles. The van der Waals surface area contributed by atoms with E-state index in [1.54, 1.807) is 17.4 Å². The zero-order valence-corrected chi connectivity index (χ0v) is 26.2. The molecule has 1 aliphatic heterocycles. The van der Waals surface area contributed by atoms with Crippen LogP contribution < -0.4 is 4.72 Å². The van der Waals surface area contributed by atoms with Crippen molar-refractivity contribution < 1.29 is 26.4 Å². The lowest BCUT2D eigenvalue weighted by molar-refractivity contribution is -0.0446. The molecule has 0 spiro atoms. The molecule has 0 atom stereocenters. The Balaban J connectivity index is 1.40. The number of nitrogens with one attached hydrogen (secondary N) is 1. The molecule has 3 aromatic heterocycles. The van der Waals surface area contributed by atoms with Gasteiger partial charge in [-0.15, -0.1) is 11.3 Å². The lowest BCUT2D eigenvalue weighted by Crippen LogP contribution is -2.40. The summed E-state index contributed by atoms with van der Waals surface area (Å²) in [6, 6.07) is 12.9. The van der Waals surface area contributed by atoms with Crippen molar-refractivity contribution in [1.82, 2.24) is 19.3 Å². The van der Waals surface area contributed by atoms with Crippen LogP contribution in [0.2, 0.25) is 0 Å². The van der Waals surface area contributed by atoms with Gasteiger partial charge >= 0.3 is 15.5 Å². The molecule has 4 heterocycles. The fourth-order valence-corrected chi connectivity index (χ4v) is 8.19. The Kier molecular flexibility index (Phi) is 7.12. The number of rotatable bonds is 4. The van der Waals surface area contributed by atoms with E-state index in [0.29, 0.717) is 12.1 Å². The minimum atomic E-state index is -5.84. The van der Waals surface area contributed by atoms with Crippen LogP contribution >= 0.6 is 11.3 Å². The number of alkyl halides is 3. The number of hydrogen-bond acceptors (Lipinski definition) is 6. The largest absolute Gasteiger partial charge is 0.516 e. The molecule has 45 heavy (non-hydrogen) atoms. The number of allylic oxidation sites excluding steroid dienone is 1. The topological polar surface area (TPSA) is 94.0 Å². The Bertz CT molecular complexity index is 2160. The van der Waals surface area contributed by atoms with Crippen LogP contribution in [-0.4, -0.2) is 34.4 Å². The number of sulfonamides is 1. The van der Waals surface area contributed by atoms with Gasteiger partial charge in [-0.1, -0.05) is 43.5 Å². The molecule has 7 rings (SSSR count). The van der Waals surface area contributed by atoms with Crippen LogP contribution in [0, 0.1) is 13.8 Å². The van der Waals surface area contributed by atoms with Crippen molar-refractivity contribution in [3.8, 4) is 21.8 Å². The van der Waals surface area contributed by atoms with Crippen LogP contribution in [0.1, 0.15) is 70.2 Å². The van der Waals surface area contributed by atoms with E-state index in [-0.39, 0.29) is 11.5 Å². The molecule has 1 amide bonds. The second-order valence-electron chi connectivity index (χ2n) is 11.7. The Morgan fingerprint density at radius 3 is 2.47 bits per heavy atom. The van der Waals surface area contributed by atoms with Gasteiger partial charge in [0, 0.05) is 34.0 Å². The highest BCUT2D eigenvalue weighted by molar-refractivity contribution is 7.90. The van der Waals surface area contributed by atoms with Gasteiger partial charge < -0.3 is 4.57 Å². The number of amides is 1. The third-order valence-corrected chi connectivity index (χ3v) is 10.9. The summed E-state index contributed by atoms with van der Waals surface area (Å²) in [5.41, 5.74) is 1.79. The summed E-state index contributed by atoms with van der Waals surface area (Å²) in [7, 11) is -5.84. The van der Waals surface area contributed by atoms with Gasteiger partial charge in [0.25, 0.3) is 5.91 Å². The zero-order chi connectivity index (χ0) is 31.7. The van der Waals surface area contributed by atoms with E-state index in [2.05, 4.69) is 27.8 Å². The first-order valence-electron chi connectivity index (χ1n) is 14.8. The summed E-state index contributed by atoms with van der Waals surface area (Å²) in [6.45, 7) is 4.43. The molecule has 232 valence electrons. The Hall–Kier alpha value is -4.03. The van der Waals surface area contributed by atoms with Crippen molar-refractivity contribution in [3.05, 3.63) is 75.9 Å². The summed E-state index contributed by atoms with van der Waals surface area (Å²) in [5, 5.41) is 2.90. The average Bonchev–Trinajstić information content (AvgIpc) is 3.43. The van der Waals surface area contributed by atoms with E-state index in [4.69, 9.17) is 4.98 Å². The van der Waals surface area contributed by atoms with Crippen molar-refractivity contribution in [2.24, 2.45) is 0 Å². The number of pyridine rings is 1. The molecule has 2 aromatic carbocycles. The van der Waals surface area contributed by atoms with Gasteiger partial charge in [-0.2, -0.15) is 21.6 Å². The Morgan fingerprint density at radius 2 is 1.76 bits per heavy atom. The number of carbonyl (C=O) groups excluding carboxylic acids is 1. The smallest absolute Gasteiger partial charge is 0.336 e. The number of hydrogen-bond donors (Lipinski definition) is 1. The van der Waals surface area contributed by atoms with Gasteiger partial charge in [0.05, 0.1) is 32.5 Å². The molecule has 1 fully saturated rings. The van der Waals surface area contributed by atoms with Crippen LogP contribution in [0.15, 0.2) is 48.5 Å². The lowest BCUT2D eigenvalue weighted by Gasteiger charge is -2.24. The molecule has 0 saturated heterocycles. The van der Waals surface area contributed by atoms with E-state index >= 15 is 0 Å². The van der Waals surface area contributed by atoms with Crippen molar-refractivity contribution in [1.29, 1.82) is 0 Å². The molecule has 0 bridgehead atoms. The second-order valence-corrected chi connectivity index (χ2v) is 14.5. The summed E-state index contributed by atoms with van der Waals surface area (Å²) in [5.74, 6) is -1.06. The molecule has 1 aliphatic carbocycles. The third-order valence-electron chi connectivity index (χ3n) is 8.79. The number of aromatic nitrogens is 3. The highest BCUT2D eigenvalue weighted by Gasteiger charge is 2.47. The van der Waals surface area contributed by atoms with E-state index < -0.39 is 21.4 Å². The third kappa shape index (κ3) is 5.04. The number of thiazole rings is 1. The van der Waals surface area contributed by atoms with Gasteiger partial charge in [-0.05, 0) is 74.1 Å². The number of fused-ring (bicyclic) bond motifs is 7. The molecular weight excluding hydrogens is 622 g/mol. The lowest BCUT2D eigenvalue weighted by atomic mass is 9.81. The molecular formula is C33H29F3N4O3S2. The van der Waals surface area contributed by atoms with Crippen molar-refractivity contribution >= 4 is 55.1 Å². The Morgan fingerprint density at radius 1 is 1.00 bits per heavy atom. The van der Waals surface area contributed by atoms with Crippen LogP contribution in [0.3, 0.4) is 0 Å². The minimum absolute atomic E-state index is 0.164. The number of nitrogens with zero attached hydrogens (tertiary/aromatic N) is 3. The molecule has 5 aromatic rings. The Labute approximate surface area is 261 Å². The standard InChI is InChI=1S/C33H29F3N4O3S2/c1-18-31(44-19(2)37-18)27-15-12-23-22-9-6-16-40-28-17-21(32(41)39-45(42,43)33(34,35)36)10-11-25(28)29(20-7-4-3-5-8-20)30(40)24(22)13-14-26(23)38-27/h6,9-15,17,20H,3-5,7-8,16H2,1-2H3,(H,39,41). The fraction of sp³-hybridized carbons (Fsp3) is 0.303. The summed E-state index contributed by atoms with van der Waals surface area (Å²) in [6.07, 6.45) is 9.48. The van der Waals surface area contributed by atoms with Gasteiger partial charge in [0.2, 0.25) is 0 Å². The first kappa shape index (κ1) is 29.7. The predicted octanol–water partition coefficient (Wildman–Crippen LogP) is 8.25. The first-order valence-corrected chi connectivity index (χ1v) is 17.1. The van der Waals surface area contributed by atoms with Crippen molar-refractivity contribution in [3.63, 3.8) is 0 Å². The van der Waals surface area contributed by atoms with E-state index in [1.807, 2.05) is 32.1 Å². The van der Waals surface area contributed by atoms with Gasteiger partial charge in [-0.3, -0.25) is 4.79 Å². The maximum absolute atomic E-state index is 13.0. The number of halogens is 3. The van der Waals surface area contributed by atoms with Crippen LogP contribution in [0.4, 0.5) is 13.2 Å². The minimum Gasteiger partial charge on any atom is -0.336 e. The quantitative estimate of drug-likeness (QED) is 0.211. The normalized spacial score (nSPS) is 15.7. The highest BCUT2D eigenvalue weighted by atomic mass is 32.2. The average molecular weight is 651 g/mol. The predicted molar refractivity (Wildman–Crippen MR) is 171 cm³/mol. The molecule has 0 unspecified atom stereocenters. The van der Waals surface area contributed by atoms with E-state index in [1.165, 1.54) is 16.9 Å². The fourth-order valence-electron chi connectivity index (χ4n) is 6.83.